The van der Waals surface area contributed by atoms with Gasteiger partial charge in [0.2, 0.25) is 6.10 Å². The first-order chi connectivity index (χ1) is 15.8. The van der Waals surface area contributed by atoms with Crippen LogP contribution in [-0.4, -0.2) is 0 Å². The summed E-state index contributed by atoms with van der Waals surface area (Å²) in [5, 5.41) is 9.55. The fourth-order valence-corrected chi connectivity index (χ4v) is 3.01. The van der Waals surface area contributed by atoms with Crippen LogP contribution in [0.1, 0.15) is 17.2 Å². The zero-order chi connectivity index (χ0) is 22.0. The van der Waals surface area contributed by atoms with Gasteiger partial charge in [-0.25, -0.2) is 9.78 Å². The monoisotopic (exact) mass is 423 g/mol. The third kappa shape index (κ3) is 5.96. The summed E-state index contributed by atoms with van der Waals surface area (Å²) in [6.45, 7) is 0.171. The molecule has 0 aliphatic carbocycles. The summed E-state index contributed by atoms with van der Waals surface area (Å²) in [5.74, 6) is 2.78. The maximum atomic E-state index is 9.55. The highest BCUT2D eigenvalue weighted by atomic mass is 17.2. The van der Waals surface area contributed by atoms with Crippen molar-refractivity contribution in [2.24, 2.45) is 0 Å². The number of hydrogen-bond acceptors (Lipinski definition) is 5. The molecule has 1 atom stereocenters. The van der Waals surface area contributed by atoms with E-state index >= 15 is 0 Å². The van der Waals surface area contributed by atoms with Crippen molar-refractivity contribution < 1.29 is 19.2 Å². The van der Waals surface area contributed by atoms with Gasteiger partial charge in [-0.05, 0) is 54.1 Å². The number of nitrogens with zero attached hydrogens (tertiary/aromatic N) is 1. The van der Waals surface area contributed by atoms with E-state index in [2.05, 4.69) is 6.07 Å². The van der Waals surface area contributed by atoms with E-state index in [1.54, 1.807) is 12.1 Å². The molecule has 4 aromatic carbocycles. The molecule has 0 bridgehead atoms. The Morgan fingerprint density at radius 1 is 0.625 bits per heavy atom. The molecule has 5 heteroatoms. The molecule has 0 aliphatic rings. The van der Waals surface area contributed by atoms with E-state index < -0.39 is 6.10 Å². The zero-order valence-electron chi connectivity index (χ0n) is 17.3. The molecule has 0 aromatic heterocycles. The topological polar surface area (TPSA) is 60.7 Å². The maximum absolute atomic E-state index is 9.55. The predicted molar refractivity (Wildman–Crippen MR) is 120 cm³/mol. The highest BCUT2D eigenvalue weighted by Gasteiger charge is 2.14. The van der Waals surface area contributed by atoms with Crippen molar-refractivity contribution in [3.05, 3.63) is 120 Å². The van der Waals surface area contributed by atoms with E-state index in [1.165, 1.54) is 0 Å². The minimum atomic E-state index is -0.891. The summed E-state index contributed by atoms with van der Waals surface area (Å²) in [6.07, 6.45) is -0.891. The van der Waals surface area contributed by atoms with Gasteiger partial charge in [-0.3, -0.25) is 0 Å². The minimum absolute atomic E-state index is 0.171. The SMILES string of the molecule is N#CC(OOCc1cccc(Oc2ccccc2)c1)c1cccc(Oc2ccccc2)c1. The quantitative estimate of drug-likeness (QED) is 0.215. The first-order valence-electron chi connectivity index (χ1n) is 10.1. The Bertz CT molecular complexity index is 1170. The van der Waals surface area contributed by atoms with Crippen molar-refractivity contribution in [1.29, 1.82) is 5.26 Å². The van der Waals surface area contributed by atoms with Crippen LogP contribution in [0.3, 0.4) is 0 Å². The van der Waals surface area contributed by atoms with Gasteiger partial charge in [0.25, 0.3) is 0 Å². The van der Waals surface area contributed by atoms with Crippen molar-refractivity contribution in [2.45, 2.75) is 12.7 Å². The smallest absolute Gasteiger partial charge is 0.204 e. The fourth-order valence-electron chi connectivity index (χ4n) is 3.01. The van der Waals surface area contributed by atoms with E-state index in [4.69, 9.17) is 19.2 Å². The van der Waals surface area contributed by atoms with Crippen LogP contribution in [-0.2, 0) is 16.4 Å². The first kappa shape index (κ1) is 21.1. The van der Waals surface area contributed by atoms with E-state index in [1.807, 2.05) is 97.1 Å². The second-order valence-corrected chi connectivity index (χ2v) is 6.92. The first-order valence-corrected chi connectivity index (χ1v) is 10.1. The second-order valence-electron chi connectivity index (χ2n) is 6.92. The molecule has 4 aromatic rings. The predicted octanol–water partition coefficient (Wildman–Crippen LogP) is 6.98. The lowest BCUT2D eigenvalue weighted by atomic mass is 10.1. The summed E-state index contributed by atoms with van der Waals surface area (Å²) in [7, 11) is 0. The van der Waals surface area contributed by atoms with Crippen LogP contribution in [0.5, 0.6) is 23.0 Å². The van der Waals surface area contributed by atoms with E-state index in [0.717, 1.165) is 11.3 Å². The molecule has 0 aliphatic heterocycles. The molecule has 0 amide bonds. The molecule has 32 heavy (non-hydrogen) atoms. The van der Waals surface area contributed by atoms with Gasteiger partial charge in [-0.15, -0.1) is 0 Å². The lowest BCUT2D eigenvalue weighted by Gasteiger charge is -2.12. The van der Waals surface area contributed by atoms with Gasteiger partial charge in [-0.1, -0.05) is 60.7 Å². The minimum Gasteiger partial charge on any atom is -0.457 e. The lowest BCUT2D eigenvalue weighted by molar-refractivity contribution is -0.324. The molecule has 0 N–H and O–H groups in total. The molecule has 0 saturated heterocycles. The summed E-state index contributed by atoms with van der Waals surface area (Å²) < 4.78 is 11.7. The normalized spacial score (nSPS) is 11.3. The van der Waals surface area contributed by atoms with E-state index in [0.29, 0.717) is 22.8 Å². The second kappa shape index (κ2) is 10.8. The summed E-state index contributed by atoms with van der Waals surface area (Å²) in [6, 6.07) is 35.8. The van der Waals surface area contributed by atoms with Crippen LogP contribution in [0.4, 0.5) is 0 Å². The summed E-state index contributed by atoms with van der Waals surface area (Å²) in [4.78, 5) is 10.8. The van der Waals surface area contributed by atoms with Crippen molar-refractivity contribution in [2.75, 3.05) is 0 Å². The average Bonchev–Trinajstić information content (AvgIpc) is 2.84. The number of rotatable bonds is 9. The third-order valence-electron chi connectivity index (χ3n) is 4.52. The van der Waals surface area contributed by atoms with Gasteiger partial charge in [0.05, 0.1) is 0 Å². The van der Waals surface area contributed by atoms with Gasteiger partial charge in [0.15, 0.2) is 0 Å². The van der Waals surface area contributed by atoms with Gasteiger partial charge in [-0.2, -0.15) is 5.26 Å². The van der Waals surface area contributed by atoms with E-state index in [-0.39, 0.29) is 6.61 Å². The molecular weight excluding hydrogens is 402 g/mol. The van der Waals surface area contributed by atoms with Crippen molar-refractivity contribution in [3.63, 3.8) is 0 Å². The molecule has 0 spiro atoms. The van der Waals surface area contributed by atoms with Crippen LogP contribution in [0.25, 0.3) is 0 Å². The Kier molecular flexibility index (Phi) is 7.12. The van der Waals surface area contributed by atoms with E-state index in [9.17, 15) is 5.26 Å². The summed E-state index contributed by atoms with van der Waals surface area (Å²) >= 11 is 0. The molecule has 0 heterocycles. The van der Waals surface area contributed by atoms with Gasteiger partial charge < -0.3 is 9.47 Å². The molecule has 5 nitrogen and oxygen atoms in total. The molecule has 0 saturated carbocycles. The van der Waals surface area contributed by atoms with Crippen molar-refractivity contribution in [1.82, 2.24) is 0 Å². The Balaban J connectivity index is 1.35. The zero-order valence-corrected chi connectivity index (χ0v) is 17.3. The molecule has 1 unspecified atom stereocenters. The van der Waals surface area contributed by atoms with Gasteiger partial charge in [0.1, 0.15) is 35.7 Å². The number of nitriles is 1. The van der Waals surface area contributed by atoms with Crippen LogP contribution in [0, 0.1) is 11.3 Å². The molecular formula is C27H21NO4. The number of hydrogen-bond donors (Lipinski definition) is 0. The van der Waals surface area contributed by atoms with Crippen LogP contribution < -0.4 is 9.47 Å². The largest absolute Gasteiger partial charge is 0.457 e. The van der Waals surface area contributed by atoms with Crippen LogP contribution in [0.2, 0.25) is 0 Å². The van der Waals surface area contributed by atoms with Crippen molar-refractivity contribution >= 4 is 0 Å². The Labute approximate surface area is 186 Å². The maximum Gasteiger partial charge on any atom is 0.204 e. The molecule has 4 rings (SSSR count). The number of benzene rings is 4. The third-order valence-corrected chi connectivity index (χ3v) is 4.52. The Morgan fingerprint density at radius 2 is 1.19 bits per heavy atom. The number of ether oxygens (including phenoxy) is 2. The highest BCUT2D eigenvalue weighted by Crippen LogP contribution is 2.27. The molecule has 0 fully saturated rings. The van der Waals surface area contributed by atoms with Crippen molar-refractivity contribution in [3.8, 4) is 29.1 Å². The van der Waals surface area contributed by atoms with Crippen LogP contribution >= 0.6 is 0 Å². The fraction of sp³-hybridized carbons (Fsp3) is 0.0741. The van der Waals surface area contributed by atoms with Crippen LogP contribution in [0.15, 0.2) is 109 Å². The van der Waals surface area contributed by atoms with Gasteiger partial charge >= 0.3 is 0 Å². The standard InChI is InChI=1S/C27H21NO4/c28-19-27(22-10-8-16-26(18-22)31-24-13-5-2-6-14-24)32-29-20-21-9-7-15-25(17-21)30-23-11-3-1-4-12-23/h1-18,27H,20H2. The summed E-state index contributed by atoms with van der Waals surface area (Å²) in [5.41, 5.74) is 1.50. The molecule has 158 valence electrons. The lowest BCUT2D eigenvalue weighted by Crippen LogP contribution is -2.04. The molecule has 0 radical (unpaired) electrons. The van der Waals surface area contributed by atoms with Gasteiger partial charge in [0, 0.05) is 5.56 Å². The Hall–Kier alpha value is -4.11. The number of para-hydroxylation sites is 2. The highest BCUT2D eigenvalue weighted by molar-refractivity contribution is 5.36. The average molecular weight is 423 g/mol. The Morgan fingerprint density at radius 3 is 1.81 bits per heavy atom.